The third-order valence-electron chi connectivity index (χ3n) is 4.38. The Balaban J connectivity index is 1.78. The monoisotopic (exact) mass is 358 g/mol. The number of carbonyl (C=O) groups excluding carboxylic acids is 1. The molecule has 0 aromatic heterocycles. The summed E-state index contributed by atoms with van der Waals surface area (Å²) in [7, 11) is -3.77. The van der Waals surface area contributed by atoms with E-state index in [2.05, 4.69) is 4.72 Å². The Morgan fingerprint density at radius 3 is 2.28 bits per heavy atom. The lowest BCUT2D eigenvalue weighted by Crippen LogP contribution is -2.42. The highest BCUT2D eigenvalue weighted by atomic mass is 32.2. The van der Waals surface area contributed by atoms with Gasteiger partial charge in [0.15, 0.2) is 0 Å². The number of amides is 1. The van der Waals surface area contributed by atoms with Crippen LogP contribution in [0.5, 0.6) is 0 Å². The van der Waals surface area contributed by atoms with Gasteiger partial charge in [0.1, 0.15) is 0 Å². The van der Waals surface area contributed by atoms with Gasteiger partial charge in [-0.1, -0.05) is 48.5 Å². The molecule has 1 fully saturated rings. The Hall–Kier alpha value is -2.18. The minimum atomic E-state index is -3.77. The first kappa shape index (κ1) is 17.6. The van der Waals surface area contributed by atoms with Gasteiger partial charge in [-0.3, -0.25) is 4.79 Å². The fourth-order valence-electron chi connectivity index (χ4n) is 3.05. The molecule has 0 aliphatic carbocycles. The van der Waals surface area contributed by atoms with E-state index in [-0.39, 0.29) is 17.3 Å². The number of hydrogen-bond acceptors (Lipinski definition) is 3. The molecule has 0 saturated carbocycles. The maximum atomic E-state index is 12.7. The number of benzene rings is 2. The van der Waals surface area contributed by atoms with Crippen LogP contribution in [-0.4, -0.2) is 38.9 Å². The van der Waals surface area contributed by atoms with Gasteiger partial charge in [0.2, 0.25) is 15.9 Å². The molecule has 0 atom stereocenters. The quantitative estimate of drug-likeness (QED) is 0.893. The Morgan fingerprint density at radius 2 is 1.56 bits per heavy atom. The maximum Gasteiger partial charge on any atom is 0.241 e. The number of rotatable bonds is 5. The predicted octanol–water partition coefficient (Wildman–Crippen LogP) is 2.64. The molecular weight excluding hydrogens is 336 g/mol. The topological polar surface area (TPSA) is 66.5 Å². The molecule has 132 valence electrons. The number of nitrogens with one attached hydrogen (secondary N) is 1. The lowest BCUT2D eigenvalue weighted by molar-refractivity contribution is -0.130. The third kappa shape index (κ3) is 4.27. The largest absolute Gasteiger partial charge is 0.342 e. The van der Waals surface area contributed by atoms with E-state index in [0.717, 1.165) is 24.8 Å². The zero-order chi connectivity index (χ0) is 17.7. The number of sulfonamides is 1. The average Bonchev–Trinajstić information content (AvgIpc) is 2.67. The number of nitrogens with zero attached hydrogens (tertiary/aromatic N) is 1. The Kier molecular flexibility index (Phi) is 5.50. The van der Waals surface area contributed by atoms with E-state index >= 15 is 0 Å². The highest BCUT2D eigenvalue weighted by molar-refractivity contribution is 7.89. The maximum absolute atomic E-state index is 12.7. The van der Waals surface area contributed by atoms with Crippen molar-refractivity contribution in [2.75, 3.05) is 19.6 Å². The van der Waals surface area contributed by atoms with E-state index in [0.29, 0.717) is 18.7 Å². The van der Waals surface area contributed by atoms with Crippen molar-refractivity contribution in [1.29, 1.82) is 0 Å². The zero-order valence-corrected chi connectivity index (χ0v) is 14.8. The summed E-state index contributed by atoms with van der Waals surface area (Å²) in [5.74, 6) is -0.166. The molecule has 1 N–H and O–H groups in total. The van der Waals surface area contributed by atoms with Crippen LogP contribution in [0.2, 0.25) is 0 Å². The van der Waals surface area contributed by atoms with Crippen LogP contribution in [0.25, 0.3) is 11.1 Å². The van der Waals surface area contributed by atoms with Crippen molar-refractivity contribution in [2.24, 2.45) is 0 Å². The highest BCUT2D eigenvalue weighted by Crippen LogP contribution is 2.26. The average molecular weight is 358 g/mol. The van der Waals surface area contributed by atoms with Crippen LogP contribution >= 0.6 is 0 Å². The van der Waals surface area contributed by atoms with E-state index in [1.165, 1.54) is 0 Å². The fourth-order valence-corrected chi connectivity index (χ4v) is 4.25. The van der Waals surface area contributed by atoms with Gasteiger partial charge in [-0.05, 0) is 30.9 Å². The first-order valence-electron chi connectivity index (χ1n) is 8.50. The lowest BCUT2D eigenvalue weighted by atomic mass is 10.1. The van der Waals surface area contributed by atoms with Crippen LogP contribution in [0.4, 0.5) is 0 Å². The number of likely N-dealkylation sites (tertiary alicyclic amines) is 1. The number of hydrogen-bond donors (Lipinski definition) is 1. The molecule has 1 saturated heterocycles. The van der Waals surface area contributed by atoms with E-state index in [9.17, 15) is 13.2 Å². The van der Waals surface area contributed by atoms with Crippen molar-refractivity contribution < 1.29 is 13.2 Å². The standard InChI is InChI=1S/C19H22N2O3S/c22-19(21-13-7-2-8-14-21)15-20-25(23,24)18-12-6-5-11-17(18)16-9-3-1-4-10-16/h1,3-6,9-12,20H,2,7-8,13-15H2. The summed E-state index contributed by atoms with van der Waals surface area (Å²) in [6.45, 7) is 1.22. The Labute approximate surface area is 148 Å². The fraction of sp³-hybridized carbons (Fsp3) is 0.316. The van der Waals surface area contributed by atoms with E-state index < -0.39 is 10.0 Å². The van der Waals surface area contributed by atoms with Crippen LogP contribution in [0.3, 0.4) is 0 Å². The van der Waals surface area contributed by atoms with Gasteiger partial charge in [0, 0.05) is 18.7 Å². The van der Waals surface area contributed by atoms with E-state index in [4.69, 9.17) is 0 Å². The summed E-state index contributed by atoms with van der Waals surface area (Å²) in [5.41, 5.74) is 1.45. The van der Waals surface area contributed by atoms with Crippen molar-refractivity contribution in [2.45, 2.75) is 24.2 Å². The highest BCUT2D eigenvalue weighted by Gasteiger charge is 2.22. The van der Waals surface area contributed by atoms with Gasteiger partial charge in [-0.25, -0.2) is 13.1 Å². The third-order valence-corrected chi connectivity index (χ3v) is 5.84. The summed E-state index contributed by atoms with van der Waals surface area (Å²) in [5, 5.41) is 0. The molecule has 1 aliphatic heterocycles. The smallest absolute Gasteiger partial charge is 0.241 e. The second-order valence-electron chi connectivity index (χ2n) is 6.13. The first-order chi connectivity index (χ1) is 12.1. The molecule has 1 aliphatic rings. The number of piperidine rings is 1. The SMILES string of the molecule is O=C(CNS(=O)(=O)c1ccccc1-c1ccccc1)N1CCCCC1. The molecule has 6 heteroatoms. The van der Waals surface area contributed by atoms with Crippen LogP contribution in [-0.2, 0) is 14.8 Å². The molecule has 25 heavy (non-hydrogen) atoms. The van der Waals surface area contributed by atoms with Crippen molar-refractivity contribution in [3.8, 4) is 11.1 Å². The molecule has 2 aromatic rings. The second kappa shape index (κ2) is 7.80. The second-order valence-corrected chi connectivity index (χ2v) is 7.86. The van der Waals surface area contributed by atoms with Gasteiger partial charge < -0.3 is 4.90 Å². The normalized spacial score (nSPS) is 15.1. The molecule has 0 bridgehead atoms. The summed E-state index contributed by atoms with van der Waals surface area (Å²) < 4.78 is 27.9. The molecule has 0 unspecified atom stereocenters. The summed E-state index contributed by atoms with van der Waals surface area (Å²) in [6.07, 6.45) is 3.09. The Morgan fingerprint density at radius 1 is 0.920 bits per heavy atom. The molecule has 5 nitrogen and oxygen atoms in total. The molecule has 3 rings (SSSR count). The predicted molar refractivity (Wildman–Crippen MR) is 97.5 cm³/mol. The van der Waals surface area contributed by atoms with Crippen LogP contribution in [0.1, 0.15) is 19.3 Å². The van der Waals surface area contributed by atoms with Crippen LogP contribution < -0.4 is 4.72 Å². The van der Waals surface area contributed by atoms with Crippen molar-refractivity contribution >= 4 is 15.9 Å². The van der Waals surface area contributed by atoms with Gasteiger partial charge in [0.25, 0.3) is 0 Å². The summed E-state index contributed by atoms with van der Waals surface area (Å²) >= 11 is 0. The van der Waals surface area contributed by atoms with Crippen LogP contribution in [0, 0.1) is 0 Å². The zero-order valence-electron chi connectivity index (χ0n) is 14.0. The minimum absolute atomic E-state index is 0.166. The summed E-state index contributed by atoms with van der Waals surface area (Å²) in [6, 6.07) is 16.2. The molecule has 0 radical (unpaired) electrons. The van der Waals surface area contributed by atoms with Gasteiger partial charge in [0.05, 0.1) is 11.4 Å². The number of carbonyl (C=O) groups is 1. The molecule has 2 aromatic carbocycles. The van der Waals surface area contributed by atoms with Crippen molar-refractivity contribution in [3.05, 3.63) is 54.6 Å². The van der Waals surface area contributed by atoms with Crippen molar-refractivity contribution in [3.63, 3.8) is 0 Å². The van der Waals surface area contributed by atoms with E-state index in [1.807, 2.05) is 30.3 Å². The first-order valence-corrected chi connectivity index (χ1v) is 9.98. The van der Waals surface area contributed by atoms with Crippen LogP contribution in [0.15, 0.2) is 59.5 Å². The van der Waals surface area contributed by atoms with Crippen molar-refractivity contribution in [1.82, 2.24) is 9.62 Å². The van der Waals surface area contributed by atoms with Gasteiger partial charge in [-0.15, -0.1) is 0 Å². The van der Waals surface area contributed by atoms with Gasteiger partial charge >= 0.3 is 0 Å². The molecular formula is C19H22N2O3S. The summed E-state index contributed by atoms with van der Waals surface area (Å²) in [4.78, 5) is 14.1. The Bertz CT molecular complexity index is 829. The molecule has 1 amide bonds. The van der Waals surface area contributed by atoms with Gasteiger partial charge in [-0.2, -0.15) is 0 Å². The lowest BCUT2D eigenvalue weighted by Gasteiger charge is -2.26. The minimum Gasteiger partial charge on any atom is -0.342 e. The van der Waals surface area contributed by atoms with E-state index in [1.54, 1.807) is 29.2 Å². The molecule has 1 heterocycles. The molecule has 0 spiro atoms.